The molecule has 0 heterocycles. The van der Waals surface area contributed by atoms with Crippen LogP contribution in [0.1, 0.15) is 80.1 Å². The van der Waals surface area contributed by atoms with Gasteiger partial charge in [0.2, 0.25) is 0 Å². The summed E-state index contributed by atoms with van der Waals surface area (Å²) in [7, 11) is 0. The lowest BCUT2D eigenvalue weighted by atomic mass is 9.83. The molecule has 0 fully saturated rings. The Morgan fingerprint density at radius 2 is 1.38 bits per heavy atom. The third kappa shape index (κ3) is 11.2. The lowest BCUT2D eigenvalue weighted by Gasteiger charge is -2.23. The van der Waals surface area contributed by atoms with E-state index in [1.807, 2.05) is 13.0 Å². The molecule has 0 radical (unpaired) electrons. The first-order valence-corrected chi connectivity index (χ1v) is 11.3. The predicted octanol–water partition coefficient (Wildman–Crippen LogP) is 9.55. The van der Waals surface area contributed by atoms with Gasteiger partial charge in [-0.05, 0) is 60.2 Å². The fourth-order valence-electron chi connectivity index (χ4n) is 3.00. The molecule has 1 heteroatoms. The van der Waals surface area contributed by atoms with Crippen molar-refractivity contribution in [3.63, 3.8) is 0 Å². The van der Waals surface area contributed by atoms with Crippen LogP contribution >= 0.6 is 0 Å². The molecule has 0 spiro atoms. The van der Waals surface area contributed by atoms with Crippen LogP contribution < -0.4 is 0 Å². The minimum absolute atomic E-state index is 0.251. The zero-order valence-electron chi connectivity index (χ0n) is 20.0. The zero-order valence-corrected chi connectivity index (χ0v) is 20.0. The maximum absolute atomic E-state index is 14.6. The maximum atomic E-state index is 14.6. The second-order valence-electron chi connectivity index (χ2n) is 8.94. The Morgan fingerprint density at radius 1 is 0.828 bits per heavy atom. The molecule has 0 aromatic heterocycles. The molecule has 0 N–H and O–H groups in total. The summed E-state index contributed by atoms with van der Waals surface area (Å²) in [5, 5.41) is 0. The van der Waals surface area contributed by atoms with E-state index in [4.69, 9.17) is 0 Å². The number of allylic oxidation sites excluding steroid dienone is 8. The standard InChI is InChI=1S/C28H45F/c1-11-20(3)13-15-22(5)23(6)17-18-24(7)26(9)19-28(29)27(10)25(8)16-14-21(4)12-2/h14,16,19-20,22-24H,4,8-13,15,17-18H2,1-3,5-7H3/b16-14-,28-19+. The van der Waals surface area contributed by atoms with Crippen molar-refractivity contribution in [2.75, 3.05) is 0 Å². The van der Waals surface area contributed by atoms with Crippen LogP contribution in [-0.2, 0) is 0 Å². The van der Waals surface area contributed by atoms with Gasteiger partial charge in [-0.1, -0.05) is 105 Å². The molecule has 4 unspecified atom stereocenters. The Kier molecular flexibility index (Phi) is 13.6. The van der Waals surface area contributed by atoms with Gasteiger partial charge < -0.3 is 0 Å². The van der Waals surface area contributed by atoms with Crippen molar-refractivity contribution in [1.29, 1.82) is 0 Å². The van der Waals surface area contributed by atoms with E-state index in [0.29, 0.717) is 17.1 Å². The second kappa shape index (κ2) is 14.4. The molecule has 164 valence electrons. The van der Waals surface area contributed by atoms with E-state index in [1.54, 1.807) is 6.08 Å². The monoisotopic (exact) mass is 400 g/mol. The average molecular weight is 401 g/mol. The van der Waals surface area contributed by atoms with Crippen LogP contribution in [0.25, 0.3) is 0 Å². The molecule has 0 aliphatic heterocycles. The summed E-state index contributed by atoms with van der Waals surface area (Å²) < 4.78 is 14.6. The molecule has 0 nitrogen and oxygen atoms in total. The summed E-state index contributed by atoms with van der Waals surface area (Å²) in [6.45, 7) is 29.2. The quantitative estimate of drug-likeness (QED) is 0.240. The van der Waals surface area contributed by atoms with E-state index in [9.17, 15) is 4.39 Å². The van der Waals surface area contributed by atoms with Gasteiger partial charge in [-0.2, -0.15) is 0 Å². The van der Waals surface area contributed by atoms with Crippen molar-refractivity contribution < 1.29 is 4.39 Å². The minimum Gasteiger partial charge on any atom is -0.206 e. The van der Waals surface area contributed by atoms with Crippen molar-refractivity contribution >= 4 is 0 Å². The minimum atomic E-state index is -0.353. The normalized spacial score (nSPS) is 16.3. The molecule has 0 aliphatic carbocycles. The largest absolute Gasteiger partial charge is 0.206 e. The van der Waals surface area contributed by atoms with Crippen LogP contribution in [0, 0.1) is 23.7 Å². The first-order valence-electron chi connectivity index (χ1n) is 11.3. The Hall–Kier alpha value is -1.63. The van der Waals surface area contributed by atoms with Crippen LogP contribution in [0.2, 0.25) is 0 Å². The van der Waals surface area contributed by atoms with E-state index < -0.39 is 0 Å². The molecule has 0 aromatic carbocycles. The van der Waals surface area contributed by atoms with Crippen LogP contribution in [0.15, 0.2) is 72.7 Å². The molecule has 0 aliphatic rings. The van der Waals surface area contributed by atoms with Crippen molar-refractivity contribution in [3.8, 4) is 0 Å². The van der Waals surface area contributed by atoms with Crippen LogP contribution in [0.3, 0.4) is 0 Å². The maximum Gasteiger partial charge on any atom is 0.130 e. The predicted molar refractivity (Wildman–Crippen MR) is 131 cm³/mol. The first kappa shape index (κ1) is 27.4. The van der Waals surface area contributed by atoms with E-state index in [1.165, 1.54) is 25.3 Å². The zero-order chi connectivity index (χ0) is 22.6. The Balaban J connectivity index is 4.63. The molecule has 29 heavy (non-hydrogen) atoms. The summed E-state index contributed by atoms with van der Waals surface area (Å²) >= 11 is 0. The summed E-state index contributed by atoms with van der Waals surface area (Å²) in [5.74, 6) is 2.11. The highest BCUT2D eigenvalue weighted by Crippen LogP contribution is 2.29. The first-order chi connectivity index (χ1) is 13.5. The molecular weight excluding hydrogens is 355 g/mol. The van der Waals surface area contributed by atoms with Crippen LogP contribution in [0.4, 0.5) is 4.39 Å². The van der Waals surface area contributed by atoms with Gasteiger partial charge in [0.05, 0.1) is 0 Å². The molecule has 0 aromatic rings. The van der Waals surface area contributed by atoms with Gasteiger partial charge in [0.15, 0.2) is 0 Å². The molecular formula is C28H45F. The number of hydrogen-bond donors (Lipinski definition) is 0. The number of halogens is 1. The summed E-state index contributed by atoms with van der Waals surface area (Å²) in [5.41, 5.74) is 2.68. The molecule has 4 atom stereocenters. The lowest BCUT2D eigenvalue weighted by molar-refractivity contribution is 0.301. The van der Waals surface area contributed by atoms with Gasteiger partial charge in [0.25, 0.3) is 0 Å². The molecule has 0 rings (SSSR count). The van der Waals surface area contributed by atoms with Gasteiger partial charge in [-0.3, -0.25) is 0 Å². The lowest BCUT2D eigenvalue weighted by Crippen LogP contribution is -2.11. The van der Waals surface area contributed by atoms with Gasteiger partial charge in [-0.25, -0.2) is 4.39 Å². The Morgan fingerprint density at radius 3 is 1.90 bits per heavy atom. The molecule has 0 amide bonds. The SMILES string of the molecule is C=C(/C=C\C(=C)C(=C)/C(F)=C\C(=C)C(C)CCC(C)C(C)CCC(C)CC)CC. The average Bonchev–Trinajstić information content (AvgIpc) is 2.71. The number of rotatable bonds is 15. The van der Waals surface area contributed by atoms with Crippen molar-refractivity contribution in [2.45, 2.75) is 80.1 Å². The van der Waals surface area contributed by atoms with Crippen LogP contribution in [-0.4, -0.2) is 0 Å². The number of hydrogen-bond acceptors (Lipinski definition) is 0. The van der Waals surface area contributed by atoms with E-state index in [2.05, 4.69) is 60.9 Å². The smallest absolute Gasteiger partial charge is 0.130 e. The summed E-state index contributed by atoms with van der Waals surface area (Å²) in [6.07, 6.45) is 12.1. The summed E-state index contributed by atoms with van der Waals surface area (Å²) in [4.78, 5) is 0. The van der Waals surface area contributed by atoms with E-state index in [0.717, 1.165) is 42.2 Å². The summed E-state index contributed by atoms with van der Waals surface area (Å²) in [6, 6.07) is 0. The van der Waals surface area contributed by atoms with E-state index in [-0.39, 0.29) is 11.7 Å². The van der Waals surface area contributed by atoms with Crippen molar-refractivity contribution in [3.05, 3.63) is 72.7 Å². The second-order valence-corrected chi connectivity index (χ2v) is 8.94. The van der Waals surface area contributed by atoms with Crippen molar-refractivity contribution in [1.82, 2.24) is 0 Å². The Bertz CT molecular complexity index is 616. The fraction of sp³-hybridized carbons (Fsp3) is 0.571. The highest BCUT2D eigenvalue weighted by atomic mass is 19.1. The molecule has 0 saturated heterocycles. The van der Waals surface area contributed by atoms with Crippen molar-refractivity contribution in [2.24, 2.45) is 23.7 Å². The van der Waals surface area contributed by atoms with Gasteiger partial charge in [-0.15, -0.1) is 0 Å². The Labute approximate surface area is 181 Å². The van der Waals surface area contributed by atoms with Gasteiger partial charge in [0, 0.05) is 5.57 Å². The van der Waals surface area contributed by atoms with Gasteiger partial charge in [0.1, 0.15) is 5.83 Å². The third-order valence-corrected chi connectivity index (χ3v) is 6.43. The molecule has 0 bridgehead atoms. The van der Waals surface area contributed by atoms with Crippen LogP contribution in [0.5, 0.6) is 0 Å². The topological polar surface area (TPSA) is 0 Å². The molecule has 0 saturated carbocycles. The highest BCUT2D eigenvalue weighted by molar-refractivity contribution is 5.48. The van der Waals surface area contributed by atoms with Gasteiger partial charge >= 0.3 is 0 Å². The highest BCUT2D eigenvalue weighted by Gasteiger charge is 2.16. The fourth-order valence-corrected chi connectivity index (χ4v) is 3.00. The third-order valence-electron chi connectivity index (χ3n) is 6.43. The van der Waals surface area contributed by atoms with E-state index >= 15 is 0 Å².